The molecule has 7 nitrogen and oxygen atoms in total. The molecule has 0 fully saturated rings. The molecule has 0 aliphatic heterocycles. The average molecular weight is 450 g/mol. The van der Waals surface area contributed by atoms with Crippen molar-refractivity contribution in [1.82, 2.24) is 15.2 Å². The molecule has 7 heteroatoms. The van der Waals surface area contributed by atoms with Crippen molar-refractivity contribution in [3.8, 4) is 11.1 Å². The Labute approximate surface area is 194 Å². The van der Waals surface area contributed by atoms with E-state index < -0.39 is 24.0 Å². The summed E-state index contributed by atoms with van der Waals surface area (Å²) in [5.74, 6) is -1.52. The molecular weight excluding hydrogens is 418 g/mol. The number of rotatable bonds is 10. The van der Waals surface area contributed by atoms with Crippen LogP contribution >= 0.6 is 0 Å². The number of pyridine rings is 1. The van der Waals surface area contributed by atoms with Gasteiger partial charge >= 0.3 is 5.97 Å². The second kappa shape index (κ2) is 11.8. The molecule has 0 saturated carbocycles. The van der Waals surface area contributed by atoms with Crippen molar-refractivity contribution in [2.45, 2.75) is 53.1 Å². The van der Waals surface area contributed by atoms with Crippen LogP contribution in [0.15, 0.2) is 60.6 Å². The quantitative estimate of drug-likeness (QED) is 0.416. The first-order valence-corrected chi connectivity index (χ1v) is 10.8. The highest BCUT2D eigenvalue weighted by molar-refractivity contribution is 5.84. The molecule has 2 unspecified atom stereocenters. The fourth-order valence-electron chi connectivity index (χ4n) is 3.46. The SMILES string of the molecule is C/C=C(C)\C=C/N(C=O)C(C)C(=O)NC(CC(=O)O)c1cncc(-c2c(C)cccc2C)c1. The van der Waals surface area contributed by atoms with E-state index in [4.69, 9.17) is 0 Å². The first kappa shape index (κ1) is 25.5. The number of carboxylic acid groups (broad SMARTS) is 1. The number of carbonyl (C=O) groups is 3. The van der Waals surface area contributed by atoms with Crippen LogP contribution in [-0.2, 0) is 14.4 Å². The van der Waals surface area contributed by atoms with E-state index in [1.807, 2.05) is 58.0 Å². The van der Waals surface area contributed by atoms with Gasteiger partial charge in [-0.25, -0.2) is 0 Å². The molecule has 174 valence electrons. The maximum absolute atomic E-state index is 12.9. The van der Waals surface area contributed by atoms with Crippen LogP contribution in [-0.4, -0.2) is 39.3 Å². The Bertz CT molecular complexity index is 1050. The third-order valence-corrected chi connectivity index (χ3v) is 5.54. The van der Waals surface area contributed by atoms with Crippen molar-refractivity contribution >= 4 is 18.3 Å². The van der Waals surface area contributed by atoms with Crippen LogP contribution in [0.1, 0.15) is 49.9 Å². The molecule has 0 saturated heterocycles. The lowest BCUT2D eigenvalue weighted by Gasteiger charge is -2.24. The summed E-state index contributed by atoms with van der Waals surface area (Å²) in [6.07, 6.45) is 8.67. The number of allylic oxidation sites excluding steroid dienone is 3. The number of aryl methyl sites for hydroxylation is 2. The van der Waals surface area contributed by atoms with E-state index >= 15 is 0 Å². The van der Waals surface area contributed by atoms with Crippen molar-refractivity contribution in [3.05, 3.63) is 77.3 Å². The summed E-state index contributed by atoms with van der Waals surface area (Å²) in [5, 5.41) is 12.2. The van der Waals surface area contributed by atoms with Gasteiger partial charge in [-0.15, -0.1) is 0 Å². The van der Waals surface area contributed by atoms with Crippen LogP contribution < -0.4 is 5.32 Å². The van der Waals surface area contributed by atoms with Gasteiger partial charge in [-0.3, -0.25) is 19.4 Å². The summed E-state index contributed by atoms with van der Waals surface area (Å²) in [4.78, 5) is 41.5. The van der Waals surface area contributed by atoms with Crippen LogP contribution in [0.2, 0.25) is 0 Å². The van der Waals surface area contributed by atoms with Gasteiger partial charge in [0.05, 0.1) is 12.5 Å². The van der Waals surface area contributed by atoms with E-state index in [0.717, 1.165) is 27.8 Å². The van der Waals surface area contributed by atoms with E-state index in [0.29, 0.717) is 12.0 Å². The second-order valence-electron chi connectivity index (χ2n) is 8.01. The molecule has 2 amide bonds. The Kier molecular flexibility index (Phi) is 9.09. The van der Waals surface area contributed by atoms with Crippen LogP contribution in [0.4, 0.5) is 0 Å². The molecule has 2 atom stereocenters. The van der Waals surface area contributed by atoms with Gasteiger partial charge in [-0.2, -0.15) is 0 Å². The van der Waals surface area contributed by atoms with Crippen LogP contribution in [0.5, 0.6) is 0 Å². The number of benzene rings is 1. The molecule has 0 spiro atoms. The fraction of sp³-hybridized carbons (Fsp3) is 0.308. The predicted octanol–water partition coefficient (Wildman–Crippen LogP) is 4.32. The molecule has 0 radical (unpaired) electrons. The topological polar surface area (TPSA) is 99.6 Å². The highest BCUT2D eigenvalue weighted by atomic mass is 16.4. The molecule has 0 aliphatic carbocycles. The average Bonchev–Trinajstić information content (AvgIpc) is 2.78. The molecule has 2 aromatic rings. The number of carboxylic acids is 1. The third-order valence-electron chi connectivity index (χ3n) is 5.54. The maximum atomic E-state index is 12.9. The highest BCUT2D eigenvalue weighted by Crippen LogP contribution is 2.29. The summed E-state index contributed by atoms with van der Waals surface area (Å²) in [5.41, 5.74) is 5.54. The first-order valence-electron chi connectivity index (χ1n) is 10.8. The van der Waals surface area contributed by atoms with Crippen molar-refractivity contribution < 1.29 is 19.5 Å². The molecule has 33 heavy (non-hydrogen) atoms. The monoisotopic (exact) mass is 449 g/mol. The number of aromatic nitrogens is 1. The van der Waals surface area contributed by atoms with E-state index in [2.05, 4.69) is 10.3 Å². The summed E-state index contributed by atoms with van der Waals surface area (Å²) in [7, 11) is 0. The van der Waals surface area contributed by atoms with Crippen molar-refractivity contribution in [3.63, 3.8) is 0 Å². The van der Waals surface area contributed by atoms with Gasteiger partial charge in [-0.1, -0.05) is 29.8 Å². The predicted molar refractivity (Wildman–Crippen MR) is 128 cm³/mol. The van der Waals surface area contributed by atoms with Crippen molar-refractivity contribution in [1.29, 1.82) is 0 Å². The van der Waals surface area contributed by atoms with E-state index in [1.54, 1.807) is 25.4 Å². The zero-order valence-corrected chi connectivity index (χ0v) is 19.7. The van der Waals surface area contributed by atoms with E-state index in [9.17, 15) is 19.5 Å². The zero-order valence-electron chi connectivity index (χ0n) is 19.7. The summed E-state index contributed by atoms with van der Waals surface area (Å²) in [6.45, 7) is 9.35. The summed E-state index contributed by atoms with van der Waals surface area (Å²) < 4.78 is 0. The van der Waals surface area contributed by atoms with Gasteiger partial charge in [0.2, 0.25) is 12.3 Å². The van der Waals surface area contributed by atoms with E-state index in [-0.39, 0.29) is 6.42 Å². The zero-order chi connectivity index (χ0) is 24.5. The molecule has 1 aromatic heterocycles. The minimum absolute atomic E-state index is 0.315. The maximum Gasteiger partial charge on any atom is 0.305 e. The molecule has 1 aromatic carbocycles. The lowest BCUT2D eigenvalue weighted by molar-refractivity contribution is -0.138. The highest BCUT2D eigenvalue weighted by Gasteiger charge is 2.24. The molecule has 2 rings (SSSR count). The lowest BCUT2D eigenvalue weighted by atomic mass is 9.94. The summed E-state index contributed by atoms with van der Waals surface area (Å²) in [6, 6.07) is 6.21. The Hall–Kier alpha value is -3.74. The molecule has 2 N–H and O–H groups in total. The fourth-order valence-corrected chi connectivity index (χ4v) is 3.46. The van der Waals surface area contributed by atoms with Gasteiger partial charge in [0.25, 0.3) is 0 Å². The van der Waals surface area contributed by atoms with Gasteiger partial charge in [0.1, 0.15) is 6.04 Å². The third kappa shape index (κ3) is 6.87. The Morgan fingerprint density at radius 3 is 2.45 bits per heavy atom. The molecule has 0 aliphatic rings. The van der Waals surface area contributed by atoms with Crippen molar-refractivity contribution in [2.24, 2.45) is 0 Å². The Morgan fingerprint density at radius 1 is 1.21 bits per heavy atom. The largest absolute Gasteiger partial charge is 0.481 e. The smallest absolute Gasteiger partial charge is 0.305 e. The van der Waals surface area contributed by atoms with Crippen molar-refractivity contribution in [2.75, 3.05) is 0 Å². The lowest BCUT2D eigenvalue weighted by Crippen LogP contribution is -2.44. The first-order chi connectivity index (χ1) is 15.7. The number of nitrogens with one attached hydrogen (secondary N) is 1. The minimum atomic E-state index is -1.05. The Morgan fingerprint density at radius 2 is 1.88 bits per heavy atom. The van der Waals surface area contributed by atoms with Crippen LogP contribution in [0, 0.1) is 13.8 Å². The normalized spacial score (nSPS) is 13.4. The minimum Gasteiger partial charge on any atom is -0.481 e. The second-order valence-corrected chi connectivity index (χ2v) is 8.01. The van der Waals surface area contributed by atoms with E-state index in [1.165, 1.54) is 11.1 Å². The van der Waals surface area contributed by atoms with Gasteiger partial charge in [-0.05, 0) is 69.0 Å². The number of hydrogen-bond acceptors (Lipinski definition) is 4. The van der Waals surface area contributed by atoms with Gasteiger partial charge < -0.3 is 15.3 Å². The van der Waals surface area contributed by atoms with Gasteiger partial charge in [0, 0.05) is 24.2 Å². The van der Waals surface area contributed by atoms with Crippen LogP contribution in [0.25, 0.3) is 11.1 Å². The number of nitrogens with zero attached hydrogens (tertiary/aromatic N) is 2. The molecule has 0 bridgehead atoms. The number of hydrogen-bond donors (Lipinski definition) is 2. The number of amides is 2. The van der Waals surface area contributed by atoms with Crippen LogP contribution in [0.3, 0.4) is 0 Å². The Balaban J connectivity index is 2.33. The summed E-state index contributed by atoms with van der Waals surface area (Å²) >= 11 is 0. The van der Waals surface area contributed by atoms with Gasteiger partial charge in [0.15, 0.2) is 0 Å². The molecular formula is C26H31N3O4. The number of aliphatic carboxylic acids is 1. The standard InChI is InChI=1S/C26H31N3O4/c1-6-17(2)10-11-29(16-30)20(5)26(33)28-23(13-24(31)32)21-12-22(15-27-14-21)25-18(3)8-7-9-19(25)4/h6-12,14-16,20,23H,13H2,1-5H3,(H,28,33)(H,31,32)/b11-10-,17-6-. The number of carbonyl (C=O) groups excluding carboxylic acids is 2. The molecule has 1 heterocycles.